The van der Waals surface area contributed by atoms with Crippen molar-refractivity contribution in [2.45, 2.75) is 23.7 Å². The van der Waals surface area contributed by atoms with Gasteiger partial charge in [-0.25, -0.2) is 8.42 Å². The van der Waals surface area contributed by atoms with Crippen molar-refractivity contribution in [2.24, 2.45) is 0 Å². The molecule has 15 heavy (non-hydrogen) atoms. The van der Waals surface area contributed by atoms with Gasteiger partial charge in [-0.05, 0) is 24.6 Å². The van der Waals surface area contributed by atoms with Crippen LogP contribution in [0.2, 0.25) is 0 Å². The van der Waals surface area contributed by atoms with Gasteiger partial charge in [0.25, 0.3) is 0 Å². The van der Waals surface area contributed by atoms with Gasteiger partial charge in [-0.15, -0.1) is 0 Å². The SMILES string of the molecule is CC1CNc2cc(CO)ccc2S1(=O)=O. The van der Waals surface area contributed by atoms with E-state index in [0.29, 0.717) is 22.7 Å². The lowest BCUT2D eigenvalue weighted by molar-refractivity contribution is 0.282. The summed E-state index contributed by atoms with van der Waals surface area (Å²) in [6.07, 6.45) is 0. The molecule has 0 aliphatic carbocycles. The second-order valence-electron chi connectivity index (χ2n) is 3.73. The van der Waals surface area contributed by atoms with Crippen molar-refractivity contribution < 1.29 is 13.5 Å². The summed E-state index contributed by atoms with van der Waals surface area (Å²) in [4.78, 5) is 0.332. The molecule has 0 fully saturated rings. The minimum Gasteiger partial charge on any atom is -0.392 e. The normalized spacial score (nSPS) is 22.9. The van der Waals surface area contributed by atoms with E-state index < -0.39 is 15.1 Å². The molecule has 0 bridgehead atoms. The van der Waals surface area contributed by atoms with Gasteiger partial charge in [0.2, 0.25) is 0 Å². The summed E-state index contributed by atoms with van der Waals surface area (Å²) >= 11 is 0. The maximum absolute atomic E-state index is 11.9. The van der Waals surface area contributed by atoms with E-state index in [1.165, 1.54) is 0 Å². The Balaban J connectivity index is 2.58. The van der Waals surface area contributed by atoms with Crippen LogP contribution >= 0.6 is 0 Å². The molecule has 1 atom stereocenters. The third-order valence-electron chi connectivity index (χ3n) is 2.64. The van der Waals surface area contributed by atoms with Crippen molar-refractivity contribution in [1.29, 1.82) is 0 Å². The standard InChI is InChI=1S/C10H13NO3S/c1-7-5-11-9-4-8(6-12)2-3-10(9)15(7,13)14/h2-4,7,11-12H,5-6H2,1H3. The summed E-state index contributed by atoms with van der Waals surface area (Å²) in [5, 5.41) is 11.6. The monoisotopic (exact) mass is 227 g/mol. The maximum Gasteiger partial charge on any atom is 0.184 e. The zero-order valence-electron chi connectivity index (χ0n) is 8.40. The Morgan fingerprint density at radius 2 is 2.27 bits per heavy atom. The highest BCUT2D eigenvalue weighted by Crippen LogP contribution is 2.30. The lowest BCUT2D eigenvalue weighted by Crippen LogP contribution is -2.31. The van der Waals surface area contributed by atoms with Gasteiger partial charge in [0.15, 0.2) is 9.84 Å². The Morgan fingerprint density at radius 1 is 1.53 bits per heavy atom. The Kier molecular flexibility index (Phi) is 2.44. The van der Waals surface area contributed by atoms with Crippen molar-refractivity contribution in [3.63, 3.8) is 0 Å². The van der Waals surface area contributed by atoms with Crippen molar-refractivity contribution in [3.8, 4) is 0 Å². The van der Waals surface area contributed by atoms with E-state index >= 15 is 0 Å². The first-order valence-corrected chi connectivity index (χ1v) is 6.32. The third kappa shape index (κ3) is 1.61. The maximum atomic E-state index is 11.9. The lowest BCUT2D eigenvalue weighted by atomic mass is 10.2. The van der Waals surface area contributed by atoms with Crippen LogP contribution in [0.1, 0.15) is 12.5 Å². The molecule has 1 aliphatic rings. The van der Waals surface area contributed by atoms with Crippen molar-refractivity contribution in [1.82, 2.24) is 0 Å². The summed E-state index contributed by atoms with van der Waals surface area (Å²) in [6, 6.07) is 4.87. The number of fused-ring (bicyclic) bond motifs is 1. The molecule has 1 heterocycles. The molecular formula is C10H13NO3S. The molecule has 1 aliphatic heterocycles. The first kappa shape index (κ1) is 10.4. The quantitative estimate of drug-likeness (QED) is 0.743. The fourth-order valence-corrected chi connectivity index (χ4v) is 3.07. The minimum atomic E-state index is -3.19. The van der Waals surface area contributed by atoms with Gasteiger partial charge in [0, 0.05) is 6.54 Å². The van der Waals surface area contributed by atoms with Crippen LogP contribution in [-0.2, 0) is 16.4 Å². The second-order valence-corrected chi connectivity index (χ2v) is 6.06. The number of aliphatic hydroxyl groups is 1. The number of nitrogens with one attached hydrogen (secondary N) is 1. The molecule has 1 unspecified atom stereocenters. The van der Waals surface area contributed by atoms with Crippen LogP contribution in [-0.4, -0.2) is 25.3 Å². The number of sulfone groups is 1. The second kappa shape index (κ2) is 3.50. The van der Waals surface area contributed by atoms with Crippen LogP contribution < -0.4 is 5.32 Å². The molecule has 2 rings (SSSR count). The van der Waals surface area contributed by atoms with E-state index in [1.54, 1.807) is 25.1 Å². The predicted octanol–water partition coefficient (Wildman–Crippen LogP) is 0.767. The number of rotatable bonds is 1. The first-order chi connectivity index (χ1) is 7.05. The highest BCUT2D eigenvalue weighted by molar-refractivity contribution is 7.92. The lowest BCUT2D eigenvalue weighted by Gasteiger charge is -2.23. The summed E-state index contributed by atoms with van der Waals surface area (Å²) in [5.41, 5.74) is 1.31. The number of anilines is 1. The Hall–Kier alpha value is -1.07. The molecule has 5 heteroatoms. The Labute approximate surface area is 88.9 Å². The van der Waals surface area contributed by atoms with Crippen LogP contribution in [0.5, 0.6) is 0 Å². The van der Waals surface area contributed by atoms with E-state index in [-0.39, 0.29) is 6.61 Å². The first-order valence-electron chi connectivity index (χ1n) is 4.77. The van der Waals surface area contributed by atoms with Gasteiger partial charge in [0.05, 0.1) is 22.4 Å². The Morgan fingerprint density at radius 3 is 2.93 bits per heavy atom. The summed E-state index contributed by atoms with van der Waals surface area (Å²) < 4.78 is 23.8. The highest BCUT2D eigenvalue weighted by atomic mass is 32.2. The molecule has 1 aromatic rings. The van der Waals surface area contributed by atoms with E-state index in [4.69, 9.17) is 5.11 Å². The highest BCUT2D eigenvalue weighted by Gasteiger charge is 2.30. The molecule has 0 saturated heterocycles. The average molecular weight is 227 g/mol. The van der Waals surface area contributed by atoms with Gasteiger partial charge < -0.3 is 10.4 Å². The molecule has 2 N–H and O–H groups in total. The molecule has 0 amide bonds. The van der Waals surface area contributed by atoms with Crippen LogP contribution in [0.15, 0.2) is 23.1 Å². The molecule has 4 nitrogen and oxygen atoms in total. The van der Waals surface area contributed by atoms with Crippen molar-refractivity contribution >= 4 is 15.5 Å². The number of hydrogen-bond acceptors (Lipinski definition) is 4. The summed E-state index contributed by atoms with van der Waals surface area (Å²) in [5.74, 6) is 0. The van der Waals surface area contributed by atoms with Crippen molar-refractivity contribution in [2.75, 3.05) is 11.9 Å². The van der Waals surface area contributed by atoms with Gasteiger partial charge in [-0.3, -0.25) is 0 Å². The third-order valence-corrected chi connectivity index (χ3v) is 4.84. The van der Waals surface area contributed by atoms with Gasteiger partial charge in [-0.1, -0.05) is 6.07 Å². The summed E-state index contributed by atoms with van der Waals surface area (Å²) in [6.45, 7) is 2.03. The largest absolute Gasteiger partial charge is 0.392 e. The number of hydrogen-bond donors (Lipinski definition) is 2. The van der Waals surface area contributed by atoms with Crippen molar-refractivity contribution in [3.05, 3.63) is 23.8 Å². The van der Waals surface area contributed by atoms with Gasteiger partial charge in [-0.2, -0.15) is 0 Å². The molecular weight excluding hydrogens is 214 g/mol. The molecule has 82 valence electrons. The molecule has 0 radical (unpaired) electrons. The molecule has 1 aromatic carbocycles. The number of aliphatic hydroxyl groups excluding tert-OH is 1. The average Bonchev–Trinajstić information content (AvgIpc) is 2.23. The minimum absolute atomic E-state index is 0.0788. The predicted molar refractivity (Wildman–Crippen MR) is 57.5 cm³/mol. The smallest absolute Gasteiger partial charge is 0.184 e. The van der Waals surface area contributed by atoms with E-state index in [0.717, 1.165) is 0 Å². The van der Waals surface area contributed by atoms with Crippen LogP contribution in [0.4, 0.5) is 5.69 Å². The fourth-order valence-electron chi connectivity index (χ4n) is 1.64. The summed E-state index contributed by atoms with van der Waals surface area (Å²) in [7, 11) is -3.19. The topological polar surface area (TPSA) is 66.4 Å². The van der Waals surface area contributed by atoms with E-state index in [9.17, 15) is 8.42 Å². The zero-order chi connectivity index (χ0) is 11.1. The fraction of sp³-hybridized carbons (Fsp3) is 0.400. The van der Waals surface area contributed by atoms with Gasteiger partial charge in [0.1, 0.15) is 0 Å². The number of benzene rings is 1. The van der Waals surface area contributed by atoms with E-state index in [2.05, 4.69) is 5.32 Å². The molecule has 0 aromatic heterocycles. The van der Waals surface area contributed by atoms with Crippen LogP contribution in [0.25, 0.3) is 0 Å². The van der Waals surface area contributed by atoms with Crippen LogP contribution in [0, 0.1) is 0 Å². The van der Waals surface area contributed by atoms with E-state index in [1.807, 2.05) is 0 Å². The molecule has 0 saturated carbocycles. The Bertz CT molecular complexity index is 481. The van der Waals surface area contributed by atoms with Gasteiger partial charge >= 0.3 is 0 Å². The zero-order valence-corrected chi connectivity index (χ0v) is 9.21. The molecule has 0 spiro atoms. The van der Waals surface area contributed by atoms with Crippen LogP contribution in [0.3, 0.4) is 0 Å².